The zero-order valence-electron chi connectivity index (χ0n) is 10.5. The van der Waals surface area contributed by atoms with Gasteiger partial charge in [-0.1, -0.05) is 13.3 Å². The van der Waals surface area contributed by atoms with Gasteiger partial charge in [-0.05, 0) is 38.0 Å². The highest BCUT2D eigenvalue weighted by molar-refractivity contribution is 5.30. The number of halogens is 2. The maximum Gasteiger partial charge on any atom is 0.187 e. The molecule has 0 aliphatic rings. The first-order chi connectivity index (χ1) is 7.85. The number of nitrogens with one attached hydrogen (secondary N) is 1. The molecule has 17 heavy (non-hydrogen) atoms. The monoisotopic (exact) mass is 243 g/mol. The van der Waals surface area contributed by atoms with E-state index in [1.807, 2.05) is 13.8 Å². The molecular formula is C13H19F2NO. The summed E-state index contributed by atoms with van der Waals surface area (Å²) >= 11 is 0. The van der Waals surface area contributed by atoms with Crippen LogP contribution in [0, 0.1) is 11.6 Å². The molecule has 0 bridgehead atoms. The third-order valence-corrected chi connectivity index (χ3v) is 2.72. The lowest BCUT2D eigenvalue weighted by molar-refractivity contribution is 0.354. The number of aromatic hydroxyl groups is 1. The van der Waals surface area contributed by atoms with Gasteiger partial charge in [0.25, 0.3) is 0 Å². The third kappa shape index (κ3) is 3.97. The molecule has 0 radical (unpaired) electrons. The first-order valence-electron chi connectivity index (χ1n) is 5.77. The molecule has 0 unspecified atom stereocenters. The summed E-state index contributed by atoms with van der Waals surface area (Å²) < 4.78 is 26.2. The number of rotatable bonds is 5. The second-order valence-electron chi connectivity index (χ2n) is 4.90. The van der Waals surface area contributed by atoms with Crippen molar-refractivity contribution in [2.75, 3.05) is 0 Å². The summed E-state index contributed by atoms with van der Waals surface area (Å²) in [5.41, 5.74) is 0.418. The fraction of sp³-hybridized carbons (Fsp3) is 0.538. The van der Waals surface area contributed by atoms with E-state index in [1.54, 1.807) is 0 Å². The Morgan fingerprint density at radius 2 is 1.76 bits per heavy atom. The van der Waals surface area contributed by atoms with Crippen molar-refractivity contribution >= 4 is 0 Å². The topological polar surface area (TPSA) is 32.3 Å². The van der Waals surface area contributed by atoms with Crippen LogP contribution < -0.4 is 5.32 Å². The van der Waals surface area contributed by atoms with Crippen molar-refractivity contribution in [1.29, 1.82) is 0 Å². The van der Waals surface area contributed by atoms with Crippen LogP contribution >= 0.6 is 0 Å². The van der Waals surface area contributed by atoms with Gasteiger partial charge in [-0.25, -0.2) is 8.78 Å². The molecule has 0 atom stereocenters. The Hall–Kier alpha value is -1.16. The van der Waals surface area contributed by atoms with Crippen LogP contribution in [0.3, 0.4) is 0 Å². The van der Waals surface area contributed by atoms with Gasteiger partial charge in [-0.2, -0.15) is 0 Å². The number of phenolic OH excluding ortho intramolecular Hbond substituents is 1. The van der Waals surface area contributed by atoms with Crippen molar-refractivity contribution < 1.29 is 13.9 Å². The van der Waals surface area contributed by atoms with Crippen LogP contribution in [-0.2, 0) is 6.54 Å². The van der Waals surface area contributed by atoms with Gasteiger partial charge in [0.2, 0.25) is 0 Å². The lowest BCUT2D eigenvalue weighted by Gasteiger charge is -2.26. The van der Waals surface area contributed by atoms with Crippen LogP contribution in [0.1, 0.15) is 39.2 Å². The van der Waals surface area contributed by atoms with Crippen molar-refractivity contribution in [2.45, 2.75) is 45.7 Å². The van der Waals surface area contributed by atoms with Gasteiger partial charge in [0.15, 0.2) is 17.4 Å². The highest BCUT2D eigenvalue weighted by Gasteiger charge is 2.16. The number of hydrogen-bond acceptors (Lipinski definition) is 2. The maximum atomic E-state index is 13.1. The van der Waals surface area contributed by atoms with Gasteiger partial charge in [0, 0.05) is 12.1 Å². The summed E-state index contributed by atoms with van der Waals surface area (Å²) in [6, 6.07) is 2.29. The van der Waals surface area contributed by atoms with Crippen LogP contribution in [0.5, 0.6) is 5.75 Å². The molecule has 1 aromatic carbocycles. The van der Waals surface area contributed by atoms with Gasteiger partial charge in [0.05, 0.1) is 0 Å². The molecule has 0 saturated heterocycles. The smallest absolute Gasteiger partial charge is 0.187 e. The number of benzene rings is 1. The fourth-order valence-electron chi connectivity index (χ4n) is 1.77. The Labute approximate surface area is 101 Å². The normalized spacial score (nSPS) is 11.8. The zero-order valence-corrected chi connectivity index (χ0v) is 10.5. The summed E-state index contributed by atoms with van der Waals surface area (Å²) in [6.45, 7) is 6.55. The molecule has 0 amide bonds. The van der Waals surface area contributed by atoms with E-state index >= 15 is 0 Å². The van der Waals surface area contributed by atoms with Gasteiger partial charge >= 0.3 is 0 Å². The lowest BCUT2D eigenvalue weighted by atomic mass is 9.98. The average molecular weight is 243 g/mol. The molecule has 0 aromatic heterocycles. The quantitative estimate of drug-likeness (QED) is 0.831. The van der Waals surface area contributed by atoms with Crippen LogP contribution in [0.2, 0.25) is 0 Å². The van der Waals surface area contributed by atoms with E-state index < -0.39 is 17.4 Å². The Kier molecular flexibility index (Phi) is 4.46. The zero-order chi connectivity index (χ0) is 13.1. The van der Waals surface area contributed by atoms with Crippen molar-refractivity contribution in [2.24, 2.45) is 0 Å². The third-order valence-electron chi connectivity index (χ3n) is 2.72. The predicted octanol–water partition coefficient (Wildman–Crippen LogP) is 3.34. The maximum absolute atomic E-state index is 13.1. The first kappa shape index (κ1) is 13.9. The summed E-state index contributed by atoms with van der Waals surface area (Å²) in [6.07, 6.45) is 2.02. The SMILES string of the molecule is CCCC(C)(C)NCc1cc(F)c(O)c(F)c1. The molecule has 1 aromatic rings. The van der Waals surface area contributed by atoms with E-state index in [0.717, 1.165) is 25.0 Å². The molecule has 0 fully saturated rings. The number of hydrogen-bond donors (Lipinski definition) is 2. The molecule has 0 spiro atoms. The number of phenols is 1. The summed E-state index contributed by atoms with van der Waals surface area (Å²) in [7, 11) is 0. The minimum absolute atomic E-state index is 0.0699. The van der Waals surface area contributed by atoms with Crippen molar-refractivity contribution in [3.8, 4) is 5.75 Å². The molecule has 1 rings (SSSR count). The van der Waals surface area contributed by atoms with Crippen molar-refractivity contribution in [3.63, 3.8) is 0 Å². The van der Waals surface area contributed by atoms with Crippen LogP contribution in [-0.4, -0.2) is 10.6 Å². The fourth-order valence-corrected chi connectivity index (χ4v) is 1.77. The Bertz CT molecular complexity index is 368. The van der Waals surface area contributed by atoms with Crippen LogP contribution in [0.4, 0.5) is 8.78 Å². The van der Waals surface area contributed by atoms with Gasteiger partial charge in [0.1, 0.15) is 0 Å². The molecule has 96 valence electrons. The summed E-state index contributed by atoms with van der Waals surface area (Å²) in [5, 5.41) is 12.2. The molecule has 0 heterocycles. The molecule has 0 saturated carbocycles. The second kappa shape index (κ2) is 5.45. The first-order valence-corrected chi connectivity index (χ1v) is 5.77. The van der Waals surface area contributed by atoms with E-state index in [1.165, 1.54) is 0 Å². The van der Waals surface area contributed by atoms with Crippen molar-refractivity contribution in [3.05, 3.63) is 29.3 Å². The van der Waals surface area contributed by atoms with E-state index in [-0.39, 0.29) is 5.54 Å². The van der Waals surface area contributed by atoms with E-state index in [9.17, 15) is 8.78 Å². The molecule has 2 N–H and O–H groups in total. The van der Waals surface area contributed by atoms with E-state index in [2.05, 4.69) is 12.2 Å². The van der Waals surface area contributed by atoms with E-state index in [4.69, 9.17) is 5.11 Å². The van der Waals surface area contributed by atoms with Gasteiger partial charge in [-0.15, -0.1) is 0 Å². The van der Waals surface area contributed by atoms with E-state index in [0.29, 0.717) is 12.1 Å². The highest BCUT2D eigenvalue weighted by atomic mass is 19.1. The van der Waals surface area contributed by atoms with Crippen molar-refractivity contribution in [1.82, 2.24) is 5.32 Å². The Balaban J connectivity index is 2.70. The largest absolute Gasteiger partial charge is 0.503 e. The molecule has 2 nitrogen and oxygen atoms in total. The standard InChI is InChI=1S/C13H19F2NO/c1-4-5-13(2,3)16-8-9-6-10(14)12(17)11(15)7-9/h6-7,16-17H,4-5,8H2,1-3H3. The predicted molar refractivity (Wildman–Crippen MR) is 63.8 cm³/mol. The Morgan fingerprint density at radius 1 is 1.24 bits per heavy atom. The minimum atomic E-state index is -0.921. The molecule has 0 aliphatic heterocycles. The lowest BCUT2D eigenvalue weighted by Crippen LogP contribution is -2.38. The summed E-state index contributed by atoms with van der Waals surface area (Å²) in [4.78, 5) is 0. The molecule has 0 aliphatic carbocycles. The van der Waals surface area contributed by atoms with Gasteiger partial charge < -0.3 is 10.4 Å². The van der Waals surface area contributed by atoms with Gasteiger partial charge in [-0.3, -0.25) is 0 Å². The highest BCUT2D eigenvalue weighted by Crippen LogP contribution is 2.22. The van der Waals surface area contributed by atoms with Crippen LogP contribution in [0.15, 0.2) is 12.1 Å². The Morgan fingerprint density at radius 3 is 2.24 bits per heavy atom. The average Bonchev–Trinajstić information content (AvgIpc) is 2.23. The minimum Gasteiger partial charge on any atom is -0.503 e. The molecular weight excluding hydrogens is 224 g/mol. The second-order valence-corrected chi connectivity index (χ2v) is 4.90. The molecule has 4 heteroatoms. The van der Waals surface area contributed by atoms with Crippen LogP contribution in [0.25, 0.3) is 0 Å². The summed E-state index contributed by atoms with van der Waals surface area (Å²) in [5.74, 6) is -2.76.